The van der Waals surface area contributed by atoms with Crippen LogP contribution in [0.3, 0.4) is 0 Å². The first-order valence-corrected chi connectivity index (χ1v) is 7.73. The Morgan fingerprint density at radius 2 is 2.27 bits per heavy atom. The molecular formula is C10H10BrNS3. The standard InChI is InChI=1S/C10H10BrNS3/c11-9-4-3-8(15-9)7-6-14-10(12-7)2-1-5-13/h3-4,6,13H,1-2,5H2. The number of halogens is 1. The Bertz CT molecular complexity index is 435. The van der Waals surface area contributed by atoms with Gasteiger partial charge in [0.25, 0.3) is 0 Å². The topological polar surface area (TPSA) is 12.9 Å². The van der Waals surface area contributed by atoms with Crippen LogP contribution in [0.1, 0.15) is 11.4 Å². The number of hydrogen-bond acceptors (Lipinski definition) is 4. The van der Waals surface area contributed by atoms with E-state index in [1.165, 1.54) is 9.88 Å². The summed E-state index contributed by atoms with van der Waals surface area (Å²) in [7, 11) is 0. The minimum absolute atomic E-state index is 0.930. The van der Waals surface area contributed by atoms with E-state index in [-0.39, 0.29) is 0 Å². The molecule has 15 heavy (non-hydrogen) atoms. The molecule has 0 aliphatic rings. The maximum absolute atomic E-state index is 4.61. The summed E-state index contributed by atoms with van der Waals surface area (Å²) in [4.78, 5) is 5.84. The van der Waals surface area contributed by atoms with E-state index in [0.29, 0.717) is 0 Å². The molecule has 0 aromatic carbocycles. The van der Waals surface area contributed by atoms with Crippen LogP contribution in [0, 0.1) is 0 Å². The van der Waals surface area contributed by atoms with Gasteiger partial charge in [0, 0.05) is 11.8 Å². The average molecular weight is 320 g/mol. The maximum atomic E-state index is 4.61. The zero-order valence-corrected chi connectivity index (χ0v) is 12.1. The van der Waals surface area contributed by atoms with Gasteiger partial charge in [-0.25, -0.2) is 4.98 Å². The van der Waals surface area contributed by atoms with Crippen molar-refractivity contribution in [2.24, 2.45) is 0 Å². The Hall–Kier alpha value is 0.160. The summed E-state index contributed by atoms with van der Waals surface area (Å²) in [5, 5.41) is 3.34. The predicted octanol–water partition coefficient (Wildman–Crippen LogP) is 4.50. The van der Waals surface area contributed by atoms with Gasteiger partial charge in [0.1, 0.15) is 0 Å². The van der Waals surface area contributed by atoms with Gasteiger partial charge >= 0.3 is 0 Å². The number of nitrogens with zero attached hydrogens (tertiary/aromatic N) is 1. The van der Waals surface area contributed by atoms with Crippen LogP contribution in [0.15, 0.2) is 21.3 Å². The highest BCUT2D eigenvalue weighted by Gasteiger charge is 2.06. The molecule has 0 unspecified atom stereocenters. The molecule has 0 bridgehead atoms. The Labute approximate surface area is 111 Å². The Morgan fingerprint density at radius 3 is 2.93 bits per heavy atom. The molecule has 5 heteroatoms. The fourth-order valence-corrected chi connectivity index (χ4v) is 3.64. The van der Waals surface area contributed by atoms with Gasteiger partial charge in [0.15, 0.2) is 0 Å². The lowest BCUT2D eigenvalue weighted by atomic mass is 10.3. The molecule has 0 atom stereocenters. The number of thiazole rings is 1. The first-order valence-electron chi connectivity index (χ1n) is 4.60. The summed E-state index contributed by atoms with van der Waals surface area (Å²) in [6.45, 7) is 0. The van der Waals surface area contributed by atoms with Gasteiger partial charge in [-0.15, -0.1) is 22.7 Å². The summed E-state index contributed by atoms with van der Waals surface area (Å²) in [5.41, 5.74) is 1.10. The quantitative estimate of drug-likeness (QED) is 0.819. The molecular weight excluding hydrogens is 310 g/mol. The van der Waals surface area contributed by atoms with Crippen molar-refractivity contribution >= 4 is 51.2 Å². The molecule has 1 nitrogen and oxygen atoms in total. The zero-order valence-electron chi connectivity index (χ0n) is 7.94. The normalized spacial score (nSPS) is 10.8. The SMILES string of the molecule is SCCCc1nc(-c2ccc(Br)s2)cs1. The van der Waals surface area contributed by atoms with Crippen LogP contribution >= 0.6 is 51.2 Å². The molecule has 0 saturated carbocycles. The van der Waals surface area contributed by atoms with E-state index in [1.807, 2.05) is 0 Å². The third-order valence-electron chi connectivity index (χ3n) is 1.93. The van der Waals surface area contributed by atoms with E-state index in [4.69, 9.17) is 0 Å². The van der Waals surface area contributed by atoms with E-state index in [1.54, 1.807) is 22.7 Å². The van der Waals surface area contributed by atoms with Crippen LogP contribution in [0.5, 0.6) is 0 Å². The lowest BCUT2D eigenvalue weighted by Gasteiger charge is -1.91. The van der Waals surface area contributed by atoms with Crippen molar-refractivity contribution < 1.29 is 0 Å². The molecule has 2 aromatic rings. The second-order valence-corrected chi connectivity index (χ2v) is 6.91. The predicted molar refractivity (Wildman–Crippen MR) is 75.3 cm³/mol. The van der Waals surface area contributed by atoms with E-state index in [0.717, 1.165) is 28.1 Å². The smallest absolute Gasteiger partial charge is 0.0933 e. The average Bonchev–Trinajstić information content (AvgIpc) is 2.83. The molecule has 0 spiro atoms. The summed E-state index contributed by atoms with van der Waals surface area (Å²) < 4.78 is 1.16. The second kappa shape index (κ2) is 5.48. The van der Waals surface area contributed by atoms with Crippen molar-refractivity contribution in [2.75, 3.05) is 5.75 Å². The van der Waals surface area contributed by atoms with Crippen molar-refractivity contribution in [3.63, 3.8) is 0 Å². The molecule has 80 valence electrons. The van der Waals surface area contributed by atoms with Crippen molar-refractivity contribution in [1.82, 2.24) is 4.98 Å². The molecule has 0 aliphatic carbocycles. The highest BCUT2D eigenvalue weighted by molar-refractivity contribution is 9.11. The summed E-state index contributed by atoms with van der Waals surface area (Å²) >= 11 is 11.1. The third kappa shape index (κ3) is 3.06. The number of rotatable bonds is 4. The Kier molecular flexibility index (Phi) is 4.25. The molecule has 0 radical (unpaired) electrons. The van der Waals surface area contributed by atoms with Gasteiger partial charge in [-0.3, -0.25) is 0 Å². The largest absolute Gasteiger partial charge is 0.240 e. The number of thiophene rings is 1. The van der Waals surface area contributed by atoms with Gasteiger partial charge in [-0.1, -0.05) is 0 Å². The highest BCUT2D eigenvalue weighted by Crippen LogP contribution is 2.31. The van der Waals surface area contributed by atoms with Gasteiger partial charge in [-0.05, 0) is 40.2 Å². The first kappa shape index (κ1) is 11.6. The number of aromatic nitrogens is 1. The first-order chi connectivity index (χ1) is 7.29. The minimum Gasteiger partial charge on any atom is -0.240 e. The van der Waals surface area contributed by atoms with Gasteiger partial charge in [0.2, 0.25) is 0 Å². The lowest BCUT2D eigenvalue weighted by molar-refractivity contribution is 0.923. The fraction of sp³-hybridized carbons (Fsp3) is 0.300. The summed E-state index contributed by atoms with van der Waals surface area (Å²) in [6, 6.07) is 4.17. The molecule has 0 N–H and O–H groups in total. The Balaban J connectivity index is 2.13. The van der Waals surface area contributed by atoms with E-state index >= 15 is 0 Å². The fourth-order valence-electron chi connectivity index (χ4n) is 1.22. The van der Waals surface area contributed by atoms with Crippen LogP contribution in [-0.2, 0) is 6.42 Å². The monoisotopic (exact) mass is 319 g/mol. The van der Waals surface area contributed by atoms with Crippen molar-refractivity contribution in [3.8, 4) is 10.6 Å². The zero-order chi connectivity index (χ0) is 10.7. The maximum Gasteiger partial charge on any atom is 0.0933 e. The van der Waals surface area contributed by atoms with E-state index in [9.17, 15) is 0 Å². The van der Waals surface area contributed by atoms with Gasteiger partial charge < -0.3 is 0 Å². The molecule has 0 saturated heterocycles. The Morgan fingerprint density at radius 1 is 1.40 bits per heavy atom. The van der Waals surface area contributed by atoms with E-state index < -0.39 is 0 Å². The summed E-state index contributed by atoms with van der Waals surface area (Å²) in [5.74, 6) is 0.930. The van der Waals surface area contributed by atoms with Crippen molar-refractivity contribution in [2.45, 2.75) is 12.8 Å². The molecule has 2 aromatic heterocycles. The van der Waals surface area contributed by atoms with Gasteiger partial charge in [0.05, 0.1) is 19.4 Å². The van der Waals surface area contributed by atoms with Crippen LogP contribution in [-0.4, -0.2) is 10.7 Å². The lowest BCUT2D eigenvalue weighted by Crippen LogP contribution is -1.84. The van der Waals surface area contributed by atoms with Crippen LogP contribution in [0.4, 0.5) is 0 Å². The van der Waals surface area contributed by atoms with Gasteiger partial charge in [-0.2, -0.15) is 12.6 Å². The minimum atomic E-state index is 0.930. The molecule has 0 fully saturated rings. The molecule has 0 amide bonds. The van der Waals surface area contributed by atoms with E-state index in [2.05, 4.69) is 51.1 Å². The third-order valence-corrected chi connectivity index (χ3v) is 4.80. The number of thiol groups is 1. The van der Waals surface area contributed by atoms with Crippen LogP contribution < -0.4 is 0 Å². The number of hydrogen-bond donors (Lipinski definition) is 1. The highest BCUT2D eigenvalue weighted by atomic mass is 79.9. The summed E-state index contributed by atoms with van der Waals surface area (Å²) in [6.07, 6.45) is 2.14. The molecule has 2 heterocycles. The van der Waals surface area contributed by atoms with Crippen molar-refractivity contribution in [1.29, 1.82) is 0 Å². The molecule has 0 aliphatic heterocycles. The number of aryl methyl sites for hydroxylation is 1. The van der Waals surface area contributed by atoms with Crippen LogP contribution in [0.25, 0.3) is 10.6 Å². The van der Waals surface area contributed by atoms with Crippen LogP contribution in [0.2, 0.25) is 0 Å². The van der Waals surface area contributed by atoms with Crippen molar-refractivity contribution in [3.05, 3.63) is 26.3 Å². The molecule has 2 rings (SSSR count). The second-order valence-electron chi connectivity index (χ2n) is 3.06.